The maximum atomic E-state index is 10.5. The number of nitrogens with zero attached hydrogens (tertiary/aromatic N) is 3. The third kappa shape index (κ3) is 3.02. The van der Waals surface area contributed by atoms with E-state index in [0.29, 0.717) is 6.54 Å². The van der Waals surface area contributed by atoms with Crippen LogP contribution in [-0.4, -0.2) is 27.5 Å². The minimum absolute atomic E-state index is 0.0142. The summed E-state index contributed by atoms with van der Waals surface area (Å²) < 4.78 is 0. The smallest absolute Gasteiger partial charge is 0.319 e. The molecule has 0 atom stereocenters. The molecule has 4 N–H and O–H groups in total. The van der Waals surface area contributed by atoms with Crippen LogP contribution in [0.4, 0.5) is 16.7 Å². The molecule has 0 unspecified atom stereocenters. The average Bonchev–Trinajstić information content (AvgIpc) is 2.01. The zero-order valence-corrected chi connectivity index (χ0v) is 8.17. The Labute approximate surface area is 85.1 Å². The van der Waals surface area contributed by atoms with Gasteiger partial charge in [-0.3, -0.25) is 5.32 Å². The van der Waals surface area contributed by atoms with Gasteiger partial charge >= 0.3 is 6.03 Å². The Morgan fingerprint density at radius 3 is 2.64 bits per heavy atom. The Morgan fingerprint density at radius 2 is 2.07 bits per heavy atom. The summed E-state index contributed by atoms with van der Waals surface area (Å²) in [6.45, 7) is 2.51. The second-order valence-electron chi connectivity index (χ2n) is 2.27. The zero-order valence-electron chi connectivity index (χ0n) is 7.41. The van der Waals surface area contributed by atoms with E-state index in [2.05, 4.69) is 25.6 Å². The molecule has 0 aliphatic rings. The Balaban J connectivity index is 2.88. The van der Waals surface area contributed by atoms with Crippen LogP contribution >= 0.6 is 11.6 Å². The van der Waals surface area contributed by atoms with Crippen molar-refractivity contribution in [2.45, 2.75) is 6.92 Å². The van der Waals surface area contributed by atoms with Crippen molar-refractivity contribution in [1.82, 2.24) is 15.0 Å². The van der Waals surface area contributed by atoms with E-state index in [4.69, 9.17) is 17.3 Å². The van der Waals surface area contributed by atoms with Gasteiger partial charge in [0.1, 0.15) is 0 Å². The Bertz CT molecular complexity index is 343. The number of primary amides is 1. The van der Waals surface area contributed by atoms with Gasteiger partial charge in [-0.2, -0.15) is 15.0 Å². The van der Waals surface area contributed by atoms with Crippen LogP contribution in [-0.2, 0) is 0 Å². The highest BCUT2D eigenvalue weighted by Crippen LogP contribution is 2.08. The first-order chi connectivity index (χ1) is 6.61. The zero-order chi connectivity index (χ0) is 10.6. The van der Waals surface area contributed by atoms with Crippen molar-refractivity contribution in [2.24, 2.45) is 5.73 Å². The fourth-order valence-corrected chi connectivity index (χ4v) is 0.913. The Hall–Kier alpha value is -1.63. The molecule has 0 bridgehead atoms. The SMILES string of the molecule is CCNc1nc(Cl)nc(NC(N)=O)n1. The fourth-order valence-electron chi connectivity index (χ4n) is 0.753. The molecule has 0 radical (unpaired) electrons. The van der Waals surface area contributed by atoms with Gasteiger partial charge in [-0.15, -0.1) is 0 Å². The van der Waals surface area contributed by atoms with Crippen LogP contribution < -0.4 is 16.4 Å². The highest BCUT2D eigenvalue weighted by Gasteiger charge is 2.05. The van der Waals surface area contributed by atoms with E-state index < -0.39 is 6.03 Å². The van der Waals surface area contributed by atoms with Gasteiger partial charge in [0, 0.05) is 6.54 Å². The van der Waals surface area contributed by atoms with Gasteiger partial charge in [-0.1, -0.05) is 0 Å². The summed E-state index contributed by atoms with van der Waals surface area (Å²) in [5, 5.41) is 5.01. The molecule has 0 fully saturated rings. The number of amides is 2. The topological polar surface area (TPSA) is 106 Å². The van der Waals surface area contributed by atoms with E-state index in [1.165, 1.54) is 0 Å². The molecule has 14 heavy (non-hydrogen) atoms. The molecule has 8 heteroatoms. The van der Waals surface area contributed by atoms with Gasteiger partial charge in [0.15, 0.2) is 0 Å². The molecule has 1 aromatic rings. The van der Waals surface area contributed by atoms with Crippen molar-refractivity contribution in [3.05, 3.63) is 5.28 Å². The lowest BCUT2D eigenvalue weighted by atomic mass is 10.7. The van der Waals surface area contributed by atoms with Crippen LogP contribution in [0.1, 0.15) is 6.92 Å². The molecule has 1 heterocycles. The number of carbonyl (C=O) groups excluding carboxylic acids is 1. The number of hydrogen-bond donors (Lipinski definition) is 3. The first-order valence-corrected chi connectivity index (χ1v) is 4.21. The summed E-state index contributed by atoms with van der Waals surface area (Å²) in [6, 6.07) is -0.755. The summed E-state index contributed by atoms with van der Waals surface area (Å²) in [5.74, 6) is 0.310. The summed E-state index contributed by atoms with van der Waals surface area (Å²) in [7, 11) is 0. The molecule has 7 nitrogen and oxygen atoms in total. The van der Waals surface area contributed by atoms with Crippen LogP contribution in [0.25, 0.3) is 0 Å². The van der Waals surface area contributed by atoms with Crippen molar-refractivity contribution in [1.29, 1.82) is 0 Å². The van der Waals surface area contributed by atoms with E-state index >= 15 is 0 Å². The molecule has 0 saturated heterocycles. The maximum absolute atomic E-state index is 10.5. The molecule has 0 aromatic carbocycles. The van der Waals surface area contributed by atoms with Gasteiger partial charge < -0.3 is 11.1 Å². The van der Waals surface area contributed by atoms with Crippen molar-refractivity contribution in [3.8, 4) is 0 Å². The Morgan fingerprint density at radius 1 is 1.43 bits per heavy atom. The predicted molar refractivity (Wildman–Crippen MR) is 52.2 cm³/mol. The van der Waals surface area contributed by atoms with Crippen LogP contribution in [0, 0.1) is 0 Å². The number of hydrogen-bond acceptors (Lipinski definition) is 5. The lowest BCUT2D eigenvalue weighted by Gasteiger charge is -2.03. The first kappa shape index (κ1) is 10.5. The summed E-state index contributed by atoms with van der Waals surface area (Å²) >= 11 is 5.57. The maximum Gasteiger partial charge on any atom is 0.319 e. The lowest BCUT2D eigenvalue weighted by Crippen LogP contribution is -2.21. The number of aromatic nitrogens is 3. The van der Waals surface area contributed by atoms with Gasteiger partial charge in [0.25, 0.3) is 0 Å². The number of halogens is 1. The van der Waals surface area contributed by atoms with Crippen molar-refractivity contribution in [3.63, 3.8) is 0 Å². The fraction of sp³-hybridized carbons (Fsp3) is 0.333. The molecule has 1 aromatic heterocycles. The van der Waals surface area contributed by atoms with Crippen molar-refractivity contribution >= 4 is 29.5 Å². The van der Waals surface area contributed by atoms with Crippen molar-refractivity contribution < 1.29 is 4.79 Å². The molecular formula is C6H9ClN6O. The summed E-state index contributed by atoms with van der Waals surface area (Å²) in [4.78, 5) is 21.7. The van der Waals surface area contributed by atoms with Crippen LogP contribution in [0.15, 0.2) is 0 Å². The van der Waals surface area contributed by atoms with Crippen molar-refractivity contribution in [2.75, 3.05) is 17.2 Å². The molecular weight excluding hydrogens is 208 g/mol. The summed E-state index contributed by atoms with van der Waals surface area (Å²) in [5.41, 5.74) is 4.88. The monoisotopic (exact) mass is 216 g/mol. The van der Waals surface area contributed by atoms with Gasteiger partial charge in [0.2, 0.25) is 17.2 Å². The lowest BCUT2D eigenvalue weighted by molar-refractivity contribution is 0.259. The predicted octanol–water partition coefficient (Wildman–Crippen LogP) is 0.447. The standard InChI is InChI=1S/C6H9ClN6O/c1-2-9-5-10-3(7)11-6(13-5)12-4(8)14/h2H2,1H3,(H4,8,9,10,11,12,13,14). The third-order valence-electron chi connectivity index (χ3n) is 1.18. The molecule has 2 amide bonds. The third-order valence-corrected chi connectivity index (χ3v) is 1.35. The van der Waals surface area contributed by atoms with E-state index in [-0.39, 0.29) is 17.2 Å². The largest absolute Gasteiger partial charge is 0.354 e. The number of carbonyl (C=O) groups is 1. The number of nitrogens with two attached hydrogens (primary N) is 1. The Kier molecular flexibility index (Phi) is 3.41. The van der Waals surface area contributed by atoms with Gasteiger partial charge in [0.05, 0.1) is 0 Å². The second-order valence-corrected chi connectivity index (χ2v) is 2.61. The number of nitrogens with one attached hydrogen (secondary N) is 2. The molecule has 76 valence electrons. The van der Waals surface area contributed by atoms with Gasteiger partial charge in [-0.25, -0.2) is 4.79 Å². The molecule has 0 saturated carbocycles. The van der Waals surface area contributed by atoms with E-state index in [9.17, 15) is 4.79 Å². The molecule has 0 aliphatic heterocycles. The van der Waals surface area contributed by atoms with Crippen LogP contribution in [0.5, 0.6) is 0 Å². The number of urea groups is 1. The molecule has 1 rings (SSSR count). The van der Waals surface area contributed by atoms with Crippen LogP contribution in [0.3, 0.4) is 0 Å². The number of anilines is 2. The number of rotatable bonds is 3. The van der Waals surface area contributed by atoms with Gasteiger partial charge in [-0.05, 0) is 18.5 Å². The molecule has 0 spiro atoms. The second kappa shape index (κ2) is 4.56. The first-order valence-electron chi connectivity index (χ1n) is 3.83. The quantitative estimate of drug-likeness (QED) is 0.680. The average molecular weight is 217 g/mol. The minimum Gasteiger partial charge on any atom is -0.354 e. The highest BCUT2D eigenvalue weighted by atomic mass is 35.5. The molecule has 0 aliphatic carbocycles. The van der Waals surface area contributed by atoms with E-state index in [1.807, 2.05) is 6.92 Å². The van der Waals surface area contributed by atoms with Crippen LogP contribution in [0.2, 0.25) is 5.28 Å². The van der Waals surface area contributed by atoms with E-state index in [0.717, 1.165) is 0 Å². The minimum atomic E-state index is -0.755. The summed E-state index contributed by atoms with van der Waals surface area (Å²) in [6.07, 6.45) is 0. The van der Waals surface area contributed by atoms with E-state index in [1.54, 1.807) is 0 Å². The normalized spacial score (nSPS) is 9.57. The highest BCUT2D eigenvalue weighted by molar-refractivity contribution is 6.28.